The first-order chi connectivity index (χ1) is 6.79. The molecule has 2 rings (SSSR count). The smallest absolute Gasteiger partial charge is 0.118 e. The molecule has 0 saturated carbocycles. The fourth-order valence-corrected chi connectivity index (χ4v) is 2.85. The first-order valence-corrected chi connectivity index (χ1v) is 6.09. The molecule has 1 nitrogen and oxygen atoms in total. The van der Waals surface area contributed by atoms with Crippen molar-refractivity contribution in [2.75, 3.05) is 7.11 Å². The minimum Gasteiger partial charge on any atom is -0.497 e. The Morgan fingerprint density at radius 2 is 1.79 bits per heavy atom. The summed E-state index contributed by atoms with van der Waals surface area (Å²) in [6.07, 6.45) is 0. The Morgan fingerprint density at radius 1 is 1.07 bits per heavy atom. The number of benzene rings is 1. The van der Waals surface area contributed by atoms with Gasteiger partial charge in [-0.3, -0.25) is 0 Å². The highest BCUT2D eigenvalue weighted by molar-refractivity contribution is 14.1. The number of methoxy groups -OCH3 is 1. The zero-order valence-corrected chi connectivity index (χ0v) is 10.6. The second-order valence-corrected chi connectivity index (χ2v) is 5.81. The normalized spacial score (nSPS) is 10.1. The number of halogens is 1. The van der Waals surface area contributed by atoms with E-state index in [1.165, 1.54) is 13.3 Å². The van der Waals surface area contributed by atoms with Crippen LogP contribution in [0.4, 0.5) is 0 Å². The molecule has 0 saturated heterocycles. The van der Waals surface area contributed by atoms with Crippen molar-refractivity contribution in [3.8, 4) is 16.2 Å². The Hall–Kier alpha value is -0.550. The summed E-state index contributed by atoms with van der Waals surface area (Å²) in [5, 5.41) is 0. The van der Waals surface area contributed by atoms with Crippen LogP contribution in [0, 0.1) is 2.88 Å². The van der Waals surface area contributed by atoms with Crippen LogP contribution in [0.15, 0.2) is 36.4 Å². The Labute approximate surface area is 101 Å². The maximum Gasteiger partial charge on any atom is 0.118 e. The van der Waals surface area contributed by atoms with E-state index in [1.54, 1.807) is 18.4 Å². The van der Waals surface area contributed by atoms with Crippen molar-refractivity contribution < 1.29 is 4.74 Å². The predicted molar refractivity (Wildman–Crippen MR) is 69.0 cm³/mol. The predicted octanol–water partition coefficient (Wildman–Crippen LogP) is 4.03. The average molecular weight is 316 g/mol. The second kappa shape index (κ2) is 4.31. The van der Waals surface area contributed by atoms with E-state index in [-0.39, 0.29) is 0 Å². The molecule has 3 heteroatoms. The van der Waals surface area contributed by atoms with Crippen LogP contribution in [0.2, 0.25) is 0 Å². The zero-order chi connectivity index (χ0) is 9.97. The molecule has 0 aliphatic heterocycles. The fraction of sp³-hybridized carbons (Fsp3) is 0.0909. The van der Waals surface area contributed by atoms with Crippen molar-refractivity contribution in [1.29, 1.82) is 0 Å². The fourth-order valence-electron chi connectivity index (χ4n) is 1.22. The van der Waals surface area contributed by atoms with Gasteiger partial charge in [-0.05, 0) is 64.6 Å². The van der Waals surface area contributed by atoms with Gasteiger partial charge in [0.1, 0.15) is 5.75 Å². The van der Waals surface area contributed by atoms with Gasteiger partial charge < -0.3 is 4.74 Å². The van der Waals surface area contributed by atoms with Gasteiger partial charge in [0.15, 0.2) is 0 Å². The minimum atomic E-state index is 0.903. The number of hydrogen-bond donors (Lipinski definition) is 0. The highest BCUT2D eigenvalue weighted by atomic mass is 127. The van der Waals surface area contributed by atoms with Crippen LogP contribution >= 0.6 is 33.9 Å². The van der Waals surface area contributed by atoms with Crippen LogP contribution in [-0.2, 0) is 0 Å². The molecular weight excluding hydrogens is 307 g/mol. The molecule has 1 aromatic heterocycles. The van der Waals surface area contributed by atoms with E-state index in [0.29, 0.717) is 0 Å². The zero-order valence-electron chi connectivity index (χ0n) is 7.66. The SMILES string of the molecule is COc1ccc(-c2ccc(I)s2)cc1. The molecule has 1 heterocycles. The average Bonchev–Trinajstić information content (AvgIpc) is 2.65. The molecule has 14 heavy (non-hydrogen) atoms. The molecule has 0 amide bonds. The van der Waals surface area contributed by atoms with Crippen LogP contribution in [-0.4, -0.2) is 7.11 Å². The van der Waals surface area contributed by atoms with E-state index in [0.717, 1.165) is 5.75 Å². The number of rotatable bonds is 2. The molecule has 0 radical (unpaired) electrons. The van der Waals surface area contributed by atoms with E-state index < -0.39 is 0 Å². The van der Waals surface area contributed by atoms with Crippen molar-refractivity contribution in [2.24, 2.45) is 0 Å². The Morgan fingerprint density at radius 3 is 2.29 bits per heavy atom. The lowest BCUT2D eigenvalue weighted by atomic mass is 10.2. The van der Waals surface area contributed by atoms with Gasteiger partial charge in [-0.2, -0.15) is 0 Å². The molecule has 0 N–H and O–H groups in total. The number of ether oxygens (including phenoxy) is 1. The minimum absolute atomic E-state index is 0.903. The van der Waals surface area contributed by atoms with Crippen LogP contribution in [0.3, 0.4) is 0 Å². The van der Waals surface area contributed by atoms with Crippen LogP contribution in [0.25, 0.3) is 10.4 Å². The summed E-state index contributed by atoms with van der Waals surface area (Å²) in [4.78, 5) is 1.30. The summed E-state index contributed by atoms with van der Waals surface area (Å²) < 4.78 is 6.43. The first kappa shape index (κ1) is 9.98. The highest BCUT2D eigenvalue weighted by Gasteiger charge is 2.00. The topological polar surface area (TPSA) is 9.23 Å². The highest BCUT2D eigenvalue weighted by Crippen LogP contribution is 2.29. The monoisotopic (exact) mass is 316 g/mol. The van der Waals surface area contributed by atoms with Crippen molar-refractivity contribution in [1.82, 2.24) is 0 Å². The third-order valence-electron chi connectivity index (χ3n) is 1.95. The third kappa shape index (κ3) is 2.09. The molecule has 2 aromatic rings. The first-order valence-electron chi connectivity index (χ1n) is 4.19. The molecular formula is C11H9IOS. The molecule has 0 bridgehead atoms. The van der Waals surface area contributed by atoms with Crippen molar-refractivity contribution in [3.63, 3.8) is 0 Å². The molecule has 72 valence electrons. The van der Waals surface area contributed by atoms with Crippen LogP contribution < -0.4 is 4.74 Å². The third-order valence-corrected chi connectivity index (χ3v) is 3.89. The van der Waals surface area contributed by atoms with Gasteiger partial charge in [-0.25, -0.2) is 0 Å². The molecule has 1 aromatic carbocycles. The summed E-state index contributed by atoms with van der Waals surface area (Å²) in [5.74, 6) is 0.903. The van der Waals surface area contributed by atoms with Crippen molar-refractivity contribution >= 4 is 33.9 Å². The van der Waals surface area contributed by atoms with E-state index in [2.05, 4.69) is 46.9 Å². The largest absolute Gasteiger partial charge is 0.497 e. The standard InChI is InChI=1S/C11H9IOS/c1-13-9-4-2-8(3-5-9)10-6-7-11(12)14-10/h2-7H,1H3. The van der Waals surface area contributed by atoms with Gasteiger partial charge in [0, 0.05) is 4.88 Å². The summed E-state index contributed by atoms with van der Waals surface area (Å²) in [6, 6.07) is 12.4. The Balaban J connectivity index is 2.33. The van der Waals surface area contributed by atoms with Gasteiger partial charge in [-0.15, -0.1) is 11.3 Å². The van der Waals surface area contributed by atoms with E-state index >= 15 is 0 Å². The van der Waals surface area contributed by atoms with Crippen LogP contribution in [0.5, 0.6) is 5.75 Å². The van der Waals surface area contributed by atoms with E-state index in [1.807, 2.05) is 12.1 Å². The quantitative estimate of drug-likeness (QED) is 0.760. The lowest BCUT2D eigenvalue weighted by molar-refractivity contribution is 0.415. The number of hydrogen-bond acceptors (Lipinski definition) is 2. The van der Waals surface area contributed by atoms with Gasteiger partial charge in [0.2, 0.25) is 0 Å². The van der Waals surface area contributed by atoms with Crippen molar-refractivity contribution in [3.05, 3.63) is 39.3 Å². The molecule has 0 spiro atoms. The molecule has 0 atom stereocenters. The summed E-state index contributed by atoms with van der Waals surface area (Å²) in [7, 11) is 1.68. The molecule has 0 unspecified atom stereocenters. The van der Waals surface area contributed by atoms with Gasteiger partial charge >= 0.3 is 0 Å². The number of thiophene rings is 1. The van der Waals surface area contributed by atoms with Gasteiger partial charge in [0.25, 0.3) is 0 Å². The molecule has 0 fully saturated rings. The maximum atomic E-state index is 5.11. The van der Waals surface area contributed by atoms with E-state index in [9.17, 15) is 0 Å². The van der Waals surface area contributed by atoms with Gasteiger partial charge in [-0.1, -0.05) is 0 Å². The van der Waals surface area contributed by atoms with Gasteiger partial charge in [0.05, 0.1) is 9.99 Å². The summed E-state index contributed by atoms with van der Waals surface area (Å²) >= 11 is 4.14. The van der Waals surface area contributed by atoms with Crippen molar-refractivity contribution in [2.45, 2.75) is 0 Å². The summed E-state index contributed by atoms with van der Waals surface area (Å²) in [5.41, 5.74) is 1.25. The lowest BCUT2D eigenvalue weighted by Gasteiger charge is -2.00. The molecule has 0 aliphatic rings. The maximum absolute atomic E-state index is 5.11. The van der Waals surface area contributed by atoms with Crippen LogP contribution in [0.1, 0.15) is 0 Å². The summed E-state index contributed by atoms with van der Waals surface area (Å²) in [6.45, 7) is 0. The Bertz CT molecular complexity index is 419. The second-order valence-electron chi connectivity index (χ2n) is 2.83. The lowest BCUT2D eigenvalue weighted by Crippen LogP contribution is -1.81. The molecule has 0 aliphatic carbocycles. The van der Waals surface area contributed by atoms with E-state index in [4.69, 9.17) is 4.74 Å². The Kier molecular flexibility index (Phi) is 3.08.